The second-order valence-electron chi connectivity index (χ2n) is 21.7. The Kier molecular flexibility index (Phi) is 17.1. The van der Waals surface area contributed by atoms with Crippen molar-refractivity contribution in [1.29, 1.82) is 0 Å². The van der Waals surface area contributed by atoms with Crippen LogP contribution in [-0.2, 0) is 32.0 Å². The molecule has 2 aromatic carbocycles. The highest BCUT2D eigenvalue weighted by Crippen LogP contribution is 2.43. The minimum Gasteiger partial charge on any atom is -0.465 e. The molecule has 24 heteroatoms. The number of aliphatic hydroxyl groups excluding tert-OH is 1. The van der Waals surface area contributed by atoms with Gasteiger partial charge in [-0.1, -0.05) is 56.1 Å². The maximum atomic E-state index is 16.1. The van der Waals surface area contributed by atoms with Crippen molar-refractivity contribution in [2.45, 2.75) is 128 Å². The fourth-order valence-electron chi connectivity index (χ4n) is 9.78. The largest absolute Gasteiger partial charge is 0.465 e. The number of alkyl carbamates (subject to hydrolysis) is 1. The summed E-state index contributed by atoms with van der Waals surface area (Å²) in [5.41, 5.74) is -0.368. The predicted molar refractivity (Wildman–Crippen MR) is 273 cm³/mol. The van der Waals surface area contributed by atoms with Crippen molar-refractivity contribution in [1.82, 2.24) is 46.5 Å². The third-order valence-electron chi connectivity index (χ3n) is 14.5. The lowest BCUT2D eigenvalue weighted by Gasteiger charge is -2.47. The normalized spacial score (nSPS) is 19.5. The molecule has 18 nitrogen and oxygen atoms in total. The van der Waals surface area contributed by atoms with E-state index in [1.165, 1.54) is 11.3 Å². The third-order valence-corrected chi connectivity index (χ3v) is 15.7. The summed E-state index contributed by atoms with van der Waals surface area (Å²) in [4.78, 5) is 62.0. The van der Waals surface area contributed by atoms with Crippen LogP contribution in [0.15, 0.2) is 54.7 Å². The molecule has 5 heterocycles. The van der Waals surface area contributed by atoms with Gasteiger partial charge in [-0.25, -0.2) is 28.4 Å². The minimum atomic E-state index is -5.06. The standard InChI is InChI=1S/C53H63F5N10O8S/c1-51(2,3)43(61-49(72)73)46(71)65-67(25-37-38(54)20-33(21-39(37)55)48-64-63-47(77-48)32-14-15-32)26-41(69)40(60-45(70)44(62-50(74)75-6)52(4,5)53(56,57)58)19-30-10-7-29(8-11-30)9-12-31-13-18-42(59-22-31)66-23-34-16-17-35(24-66)68(34)36-27-76-28-36/h7-8,10-11,13,18,20-22,32,34-36,40-41,43-44,61,69H,14-17,19,23-28H2,1-6H3,(H,60,70)(H,62,74)(H,65,71)(H,72,73). The van der Waals surface area contributed by atoms with Crippen LogP contribution in [0.5, 0.6) is 0 Å². The van der Waals surface area contributed by atoms with Gasteiger partial charge in [0.15, 0.2) is 0 Å². The number of methoxy groups -OCH3 is 1. The Hall–Kier alpha value is -6.52. The zero-order valence-electron chi connectivity index (χ0n) is 43.4. The molecule has 6 unspecified atom stereocenters. The van der Waals surface area contributed by atoms with Gasteiger partial charge in [-0.05, 0) is 93.3 Å². The lowest BCUT2D eigenvalue weighted by atomic mass is 9.82. The van der Waals surface area contributed by atoms with Crippen molar-refractivity contribution in [3.8, 4) is 22.4 Å². The van der Waals surface area contributed by atoms with Gasteiger partial charge < -0.3 is 40.5 Å². The smallest absolute Gasteiger partial charge is 0.407 e. The van der Waals surface area contributed by atoms with Crippen LogP contribution < -0.4 is 26.3 Å². The van der Waals surface area contributed by atoms with Crippen molar-refractivity contribution >= 4 is 41.2 Å². The second kappa shape index (κ2) is 23.2. The molecule has 2 aromatic heterocycles. The molecule has 1 saturated carbocycles. The highest BCUT2D eigenvalue weighted by atomic mass is 32.1. The van der Waals surface area contributed by atoms with Gasteiger partial charge >= 0.3 is 18.4 Å². The van der Waals surface area contributed by atoms with Gasteiger partial charge in [-0.2, -0.15) is 13.2 Å². The molecule has 1 aliphatic carbocycles. The van der Waals surface area contributed by atoms with Crippen LogP contribution >= 0.6 is 11.3 Å². The summed E-state index contributed by atoms with van der Waals surface area (Å²) in [7, 11) is 0.899. The average Bonchev–Trinajstić information content (AvgIpc) is 4.04. The van der Waals surface area contributed by atoms with Crippen molar-refractivity contribution < 1.29 is 60.8 Å². The first-order chi connectivity index (χ1) is 36.4. The molecule has 6 atom stereocenters. The first-order valence-electron chi connectivity index (χ1n) is 25.3. The molecular formula is C53H63F5N10O8S. The lowest BCUT2D eigenvalue weighted by molar-refractivity contribution is -0.220. The Bertz CT molecular complexity index is 2810. The molecule has 4 amide bonds. The Balaban J connectivity index is 1.04. The highest BCUT2D eigenvalue weighted by molar-refractivity contribution is 7.14. The van der Waals surface area contributed by atoms with Crippen molar-refractivity contribution in [2.75, 3.05) is 44.9 Å². The summed E-state index contributed by atoms with van der Waals surface area (Å²) in [5, 5.41) is 38.5. The summed E-state index contributed by atoms with van der Waals surface area (Å²) in [5.74, 6) is 2.78. The first-order valence-corrected chi connectivity index (χ1v) is 26.1. The summed E-state index contributed by atoms with van der Waals surface area (Å²) >= 11 is 1.20. The van der Waals surface area contributed by atoms with E-state index >= 15 is 8.78 Å². The molecule has 3 saturated heterocycles. The molecule has 0 radical (unpaired) electrons. The zero-order chi connectivity index (χ0) is 55.6. The van der Waals surface area contributed by atoms with E-state index in [1.54, 1.807) is 51.2 Å². The number of pyridine rings is 1. The SMILES string of the molecule is COC(=O)NC(C(=O)NC(Cc1ccc(C#Cc2ccc(N3CC4CCC(C3)N4C3COC3)nc2)cc1)C(O)CN(Cc1c(F)cc(-c2nnc(C3CC3)s2)cc1F)NC(=O)C(NC(=O)O)C(C)(C)C)C(C)(C)C(F)(F)F. The molecule has 4 aliphatic rings. The van der Waals surface area contributed by atoms with Gasteiger partial charge in [0.25, 0.3) is 5.91 Å². The first kappa shape index (κ1) is 56.7. The molecule has 8 rings (SSSR count). The van der Waals surface area contributed by atoms with Crippen LogP contribution in [-0.4, -0.2) is 148 Å². The number of nitrogens with one attached hydrogen (secondary N) is 4. The summed E-state index contributed by atoms with van der Waals surface area (Å²) in [6, 6.07) is 8.56. The topological polar surface area (TPSA) is 224 Å². The number of amides is 4. The van der Waals surface area contributed by atoms with Crippen molar-refractivity contribution in [3.63, 3.8) is 0 Å². The number of aromatic nitrogens is 3. The Labute approximate surface area is 446 Å². The number of nitrogens with zero attached hydrogens (tertiary/aromatic N) is 6. The number of hydrazine groups is 1. The number of anilines is 1. The number of halogens is 5. The van der Waals surface area contributed by atoms with Crippen molar-refractivity contribution in [3.05, 3.63) is 93.6 Å². The number of fused-ring (bicyclic) bond motifs is 2. The number of carbonyl (C=O) groups is 4. The van der Waals surface area contributed by atoms with Crippen LogP contribution in [0.2, 0.25) is 0 Å². The molecule has 4 fully saturated rings. The Morgan fingerprint density at radius 3 is 2.04 bits per heavy atom. The van der Waals surface area contributed by atoms with E-state index < -0.39 is 95.5 Å². The van der Waals surface area contributed by atoms with E-state index in [1.807, 2.05) is 17.4 Å². The highest BCUT2D eigenvalue weighted by Gasteiger charge is 2.56. The maximum absolute atomic E-state index is 16.1. The fraction of sp³-hybridized carbons (Fsp3) is 0.528. The quantitative estimate of drug-likeness (QED) is 0.0375. The maximum Gasteiger partial charge on any atom is 0.407 e. The molecule has 6 N–H and O–H groups in total. The van der Waals surface area contributed by atoms with Crippen LogP contribution in [0.25, 0.3) is 10.6 Å². The Morgan fingerprint density at radius 2 is 1.49 bits per heavy atom. The molecule has 3 aliphatic heterocycles. The molecule has 2 bridgehead atoms. The van der Waals surface area contributed by atoms with Gasteiger partial charge in [-0.3, -0.25) is 19.9 Å². The molecule has 4 aromatic rings. The average molecular weight is 1100 g/mol. The molecular weight excluding hydrogens is 1030 g/mol. The zero-order valence-corrected chi connectivity index (χ0v) is 44.2. The second-order valence-corrected chi connectivity index (χ2v) is 22.7. The van der Waals surface area contributed by atoms with Crippen LogP contribution in [0.1, 0.15) is 93.5 Å². The number of aliphatic hydroxyl groups is 1. The van der Waals surface area contributed by atoms with E-state index in [0.717, 1.165) is 87.1 Å². The predicted octanol–water partition coefficient (Wildman–Crippen LogP) is 6.12. The van der Waals surface area contributed by atoms with Gasteiger partial charge in [0.2, 0.25) is 5.91 Å². The van der Waals surface area contributed by atoms with Gasteiger partial charge in [0, 0.05) is 72.6 Å². The lowest BCUT2D eigenvalue weighted by Crippen LogP contribution is -2.63. The molecule has 77 heavy (non-hydrogen) atoms. The summed E-state index contributed by atoms with van der Waals surface area (Å²) < 4.78 is 86.0. The fourth-order valence-corrected chi connectivity index (χ4v) is 10.8. The number of ether oxygens (including phenoxy) is 2. The monoisotopic (exact) mass is 1090 g/mol. The number of alkyl halides is 3. The number of benzene rings is 2. The van der Waals surface area contributed by atoms with Crippen molar-refractivity contribution in [2.24, 2.45) is 10.8 Å². The van der Waals surface area contributed by atoms with E-state index in [2.05, 4.69) is 52.6 Å². The van der Waals surface area contributed by atoms with Crippen LogP contribution in [0, 0.1) is 34.3 Å². The van der Waals surface area contributed by atoms with Crippen LogP contribution in [0.3, 0.4) is 0 Å². The third kappa shape index (κ3) is 13.6. The number of piperazine rings is 1. The van der Waals surface area contributed by atoms with E-state index in [-0.39, 0.29) is 22.9 Å². The molecule has 0 spiro atoms. The van der Waals surface area contributed by atoms with Crippen LogP contribution in [0.4, 0.5) is 37.4 Å². The number of hydrogen-bond acceptors (Lipinski definition) is 14. The molecule has 414 valence electrons. The number of hydrogen-bond donors (Lipinski definition) is 6. The van der Waals surface area contributed by atoms with Gasteiger partial charge in [0.05, 0.1) is 43.9 Å². The van der Waals surface area contributed by atoms with E-state index in [9.17, 15) is 42.6 Å². The Morgan fingerprint density at radius 1 is 0.857 bits per heavy atom. The minimum absolute atomic E-state index is 0.0940. The van der Waals surface area contributed by atoms with E-state index in [0.29, 0.717) is 48.7 Å². The summed E-state index contributed by atoms with van der Waals surface area (Å²) in [6.07, 6.45) is -4.28. The number of carbonyl (C=O) groups excluding carboxylic acids is 3. The number of carboxylic acid groups (broad SMARTS) is 1. The van der Waals surface area contributed by atoms with Gasteiger partial charge in [-0.15, -0.1) is 10.2 Å². The van der Waals surface area contributed by atoms with E-state index in [4.69, 9.17) is 9.72 Å². The summed E-state index contributed by atoms with van der Waals surface area (Å²) in [6.45, 7) is 7.85. The van der Waals surface area contributed by atoms with Gasteiger partial charge in [0.1, 0.15) is 39.6 Å². The number of rotatable bonds is 18.